The van der Waals surface area contributed by atoms with E-state index in [-0.39, 0.29) is 4.32 Å². The Morgan fingerprint density at radius 1 is 1.21 bits per heavy atom. The average Bonchev–Trinajstić information content (AvgIpc) is 2.95. The first-order valence-corrected chi connectivity index (χ1v) is 9.59. The Balaban J connectivity index is 1.84. The number of nitrogens with zero attached hydrogens (tertiary/aromatic N) is 1. The predicted octanol–water partition coefficient (Wildman–Crippen LogP) is 3.90. The van der Waals surface area contributed by atoms with Gasteiger partial charge in [-0.1, -0.05) is 29.4 Å². The van der Waals surface area contributed by atoms with Gasteiger partial charge < -0.3 is 9.47 Å². The molecule has 0 aliphatic carbocycles. The molecule has 1 fully saturated rings. The number of benzene rings is 2. The maximum Gasteiger partial charge on any atom is 0.285 e. The highest BCUT2D eigenvalue weighted by molar-refractivity contribution is 8.26. The number of hydrazine groups is 1. The molecule has 6 nitrogen and oxygen atoms in total. The van der Waals surface area contributed by atoms with Gasteiger partial charge in [0.15, 0.2) is 4.32 Å². The van der Waals surface area contributed by atoms with Crippen molar-refractivity contribution in [1.82, 2.24) is 10.4 Å². The molecular formula is C19H15ClN2O4S2. The molecule has 0 spiro atoms. The number of rotatable bonds is 5. The summed E-state index contributed by atoms with van der Waals surface area (Å²) in [6.07, 6.45) is 1.65. The Kier molecular flexibility index (Phi) is 6.23. The van der Waals surface area contributed by atoms with Crippen LogP contribution in [0.2, 0.25) is 5.02 Å². The second kappa shape index (κ2) is 8.64. The third-order valence-corrected chi connectivity index (χ3v) is 5.35. The van der Waals surface area contributed by atoms with Crippen LogP contribution >= 0.6 is 35.6 Å². The maximum absolute atomic E-state index is 12.7. The van der Waals surface area contributed by atoms with Gasteiger partial charge in [0.2, 0.25) is 0 Å². The van der Waals surface area contributed by atoms with E-state index in [2.05, 4.69) is 5.43 Å². The molecule has 1 aliphatic rings. The van der Waals surface area contributed by atoms with Crippen LogP contribution in [-0.2, 0) is 4.79 Å². The summed E-state index contributed by atoms with van der Waals surface area (Å²) in [7, 11) is 3.09. The zero-order valence-corrected chi connectivity index (χ0v) is 17.3. The van der Waals surface area contributed by atoms with Crippen LogP contribution in [0.3, 0.4) is 0 Å². The first-order valence-electron chi connectivity index (χ1n) is 7.99. The lowest BCUT2D eigenvalue weighted by Gasteiger charge is -2.15. The van der Waals surface area contributed by atoms with E-state index in [0.29, 0.717) is 32.6 Å². The number of thioether (sulfide) groups is 1. The Morgan fingerprint density at radius 2 is 2.00 bits per heavy atom. The van der Waals surface area contributed by atoms with E-state index in [4.69, 9.17) is 33.3 Å². The van der Waals surface area contributed by atoms with Crippen molar-refractivity contribution in [3.8, 4) is 11.5 Å². The van der Waals surface area contributed by atoms with Gasteiger partial charge in [-0.25, -0.2) is 0 Å². The number of carbonyl (C=O) groups is 2. The van der Waals surface area contributed by atoms with Crippen molar-refractivity contribution in [1.29, 1.82) is 0 Å². The SMILES string of the molecule is COc1ccc(OC)c(/C=C2\SC(=S)N(NC(=O)c3cccc(Cl)c3)C2=O)c1. The zero-order chi connectivity index (χ0) is 20.3. The molecule has 28 heavy (non-hydrogen) atoms. The van der Waals surface area contributed by atoms with Gasteiger partial charge in [-0.05, 0) is 54.7 Å². The molecule has 1 saturated heterocycles. The number of hydrogen-bond acceptors (Lipinski definition) is 6. The number of carbonyl (C=O) groups excluding carboxylic acids is 2. The highest BCUT2D eigenvalue weighted by Crippen LogP contribution is 2.34. The van der Waals surface area contributed by atoms with Crippen molar-refractivity contribution < 1.29 is 19.1 Å². The molecule has 0 bridgehead atoms. The molecule has 144 valence electrons. The monoisotopic (exact) mass is 434 g/mol. The second-order valence-electron chi connectivity index (χ2n) is 5.58. The smallest absolute Gasteiger partial charge is 0.285 e. The Bertz CT molecular complexity index is 994. The lowest BCUT2D eigenvalue weighted by atomic mass is 10.1. The lowest BCUT2D eigenvalue weighted by molar-refractivity contribution is -0.123. The van der Waals surface area contributed by atoms with Crippen molar-refractivity contribution in [3.05, 3.63) is 63.5 Å². The molecule has 1 aliphatic heterocycles. The maximum atomic E-state index is 12.7. The van der Waals surface area contributed by atoms with Crippen LogP contribution in [-0.4, -0.2) is 35.4 Å². The molecule has 2 amide bonds. The third-order valence-electron chi connectivity index (χ3n) is 3.82. The van der Waals surface area contributed by atoms with Gasteiger partial charge in [0.1, 0.15) is 11.5 Å². The van der Waals surface area contributed by atoms with Crippen LogP contribution in [0, 0.1) is 0 Å². The van der Waals surface area contributed by atoms with Crippen molar-refractivity contribution >= 4 is 57.8 Å². The minimum atomic E-state index is -0.487. The van der Waals surface area contributed by atoms with E-state index in [1.165, 1.54) is 13.2 Å². The molecule has 1 heterocycles. The number of amides is 2. The number of ether oxygens (including phenoxy) is 2. The van der Waals surface area contributed by atoms with Crippen molar-refractivity contribution in [2.75, 3.05) is 14.2 Å². The first kappa shape index (κ1) is 20.2. The summed E-state index contributed by atoms with van der Waals surface area (Å²) < 4.78 is 10.8. The minimum absolute atomic E-state index is 0.216. The minimum Gasteiger partial charge on any atom is -0.497 e. The van der Waals surface area contributed by atoms with Crippen LogP contribution in [0.25, 0.3) is 6.08 Å². The summed E-state index contributed by atoms with van der Waals surface area (Å²) in [5.74, 6) is 0.278. The van der Waals surface area contributed by atoms with E-state index in [0.717, 1.165) is 16.8 Å². The fraction of sp³-hybridized carbons (Fsp3) is 0.105. The van der Waals surface area contributed by atoms with Crippen molar-refractivity contribution in [2.24, 2.45) is 0 Å². The number of halogens is 1. The second-order valence-corrected chi connectivity index (χ2v) is 7.69. The summed E-state index contributed by atoms with van der Waals surface area (Å²) in [6, 6.07) is 11.6. The quantitative estimate of drug-likeness (QED) is 0.568. The Labute approximate surface area is 176 Å². The normalized spacial score (nSPS) is 15.1. The first-order chi connectivity index (χ1) is 13.4. The molecule has 9 heteroatoms. The van der Waals surface area contributed by atoms with Gasteiger partial charge in [0.05, 0.1) is 19.1 Å². The summed E-state index contributed by atoms with van der Waals surface area (Å²) in [6.45, 7) is 0. The molecule has 0 radical (unpaired) electrons. The number of methoxy groups -OCH3 is 2. The molecule has 2 aromatic rings. The summed E-state index contributed by atoms with van der Waals surface area (Å²) in [4.78, 5) is 25.5. The van der Waals surface area contributed by atoms with Crippen LogP contribution in [0.1, 0.15) is 15.9 Å². The van der Waals surface area contributed by atoms with Crippen LogP contribution in [0.4, 0.5) is 0 Å². The van der Waals surface area contributed by atoms with Gasteiger partial charge >= 0.3 is 0 Å². The highest BCUT2D eigenvalue weighted by Gasteiger charge is 2.34. The van der Waals surface area contributed by atoms with E-state index in [1.807, 2.05) is 0 Å². The number of hydrogen-bond donors (Lipinski definition) is 1. The van der Waals surface area contributed by atoms with E-state index in [1.54, 1.807) is 49.6 Å². The topological polar surface area (TPSA) is 67.9 Å². The number of nitrogens with one attached hydrogen (secondary N) is 1. The molecule has 0 saturated carbocycles. The molecule has 0 unspecified atom stereocenters. The zero-order valence-electron chi connectivity index (χ0n) is 14.9. The summed E-state index contributed by atoms with van der Waals surface area (Å²) in [5.41, 5.74) is 3.49. The van der Waals surface area contributed by atoms with Gasteiger partial charge in [0.25, 0.3) is 11.8 Å². The van der Waals surface area contributed by atoms with E-state index < -0.39 is 11.8 Å². The van der Waals surface area contributed by atoms with Crippen molar-refractivity contribution in [2.45, 2.75) is 0 Å². The van der Waals surface area contributed by atoms with Gasteiger partial charge in [0, 0.05) is 16.1 Å². The van der Waals surface area contributed by atoms with Crippen LogP contribution < -0.4 is 14.9 Å². The van der Waals surface area contributed by atoms with Gasteiger partial charge in [-0.2, -0.15) is 5.01 Å². The van der Waals surface area contributed by atoms with E-state index >= 15 is 0 Å². The van der Waals surface area contributed by atoms with Crippen molar-refractivity contribution in [3.63, 3.8) is 0 Å². The summed E-state index contributed by atoms with van der Waals surface area (Å²) in [5, 5.41) is 1.46. The molecule has 1 N–H and O–H groups in total. The standard InChI is InChI=1S/C19H15ClN2O4S2/c1-25-14-6-7-15(26-2)12(9-14)10-16-18(24)22(19(27)28-16)21-17(23)11-4-3-5-13(20)8-11/h3-10H,1-2H3,(H,21,23)/b16-10-. The van der Waals surface area contributed by atoms with Crippen LogP contribution in [0.5, 0.6) is 11.5 Å². The molecule has 0 atom stereocenters. The van der Waals surface area contributed by atoms with E-state index in [9.17, 15) is 9.59 Å². The number of thiocarbonyl (C=S) groups is 1. The molecular weight excluding hydrogens is 420 g/mol. The van der Waals surface area contributed by atoms with Gasteiger partial charge in [-0.15, -0.1) is 0 Å². The predicted molar refractivity (Wildman–Crippen MR) is 113 cm³/mol. The largest absolute Gasteiger partial charge is 0.497 e. The highest BCUT2D eigenvalue weighted by atomic mass is 35.5. The Morgan fingerprint density at radius 3 is 2.68 bits per heavy atom. The third kappa shape index (κ3) is 4.30. The Hall–Kier alpha value is -2.55. The lowest BCUT2D eigenvalue weighted by Crippen LogP contribution is -2.44. The molecule has 0 aromatic heterocycles. The van der Waals surface area contributed by atoms with Gasteiger partial charge in [-0.3, -0.25) is 15.0 Å². The summed E-state index contributed by atoms with van der Waals surface area (Å²) >= 11 is 12.2. The fourth-order valence-electron chi connectivity index (χ4n) is 2.45. The fourth-order valence-corrected chi connectivity index (χ4v) is 3.81. The average molecular weight is 435 g/mol. The van der Waals surface area contributed by atoms with Crippen LogP contribution in [0.15, 0.2) is 47.4 Å². The molecule has 2 aromatic carbocycles. The molecule has 3 rings (SSSR count).